The standard InChI is InChI=1S/C16H14N2O5/c1-9-3-12(14(19)4-10(9)2)17-7-11-5-15-16(23-8-22-15)6-13(11)18(20)21/h3-7,19H,8H2,1-2H3. The summed E-state index contributed by atoms with van der Waals surface area (Å²) < 4.78 is 10.4. The number of fused-ring (bicyclic) bond motifs is 1. The van der Waals surface area contributed by atoms with Gasteiger partial charge in [-0.25, -0.2) is 0 Å². The van der Waals surface area contributed by atoms with Crippen molar-refractivity contribution in [3.63, 3.8) is 0 Å². The summed E-state index contributed by atoms with van der Waals surface area (Å²) in [5.41, 5.74) is 2.39. The average molecular weight is 314 g/mol. The van der Waals surface area contributed by atoms with Gasteiger partial charge in [-0.05, 0) is 43.2 Å². The number of benzene rings is 2. The molecule has 2 aromatic carbocycles. The van der Waals surface area contributed by atoms with Gasteiger partial charge < -0.3 is 14.6 Å². The summed E-state index contributed by atoms with van der Waals surface area (Å²) in [6.45, 7) is 3.81. The van der Waals surface area contributed by atoms with E-state index in [0.717, 1.165) is 11.1 Å². The lowest BCUT2D eigenvalue weighted by Gasteiger charge is -2.04. The van der Waals surface area contributed by atoms with Crippen LogP contribution in [0.5, 0.6) is 17.2 Å². The minimum absolute atomic E-state index is 0.0211. The molecule has 7 heteroatoms. The second-order valence-corrected chi connectivity index (χ2v) is 5.20. The van der Waals surface area contributed by atoms with Crippen LogP contribution in [-0.4, -0.2) is 23.0 Å². The van der Waals surface area contributed by atoms with E-state index in [-0.39, 0.29) is 23.8 Å². The van der Waals surface area contributed by atoms with Crippen LogP contribution in [0.15, 0.2) is 29.3 Å². The maximum Gasteiger partial charge on any atom is 0.282 e. The average Bonchev–Trinajstić information content (AvgIpc) is 2.95. The van der Waals surface area contributed by atoms with Crippen LogP contribution in [0.2, 0.25) is 0 Å². The summed E-state index contributed by atoms with van der Waals surface area (Å²) in [5.74, 6) is 0.789. The molecule has 2 aromatic rings. The van der Waals surface area contributed by atoms with Crippen LogP contribution in [0, 0.1) is 24.0 Å². The number of ether oxygens (including phenoxy) is 2. The van der Waals surface area contributed by atoms with E-state index < -0.39 is 4.92 Å². The first-order valence-electron chi connectivity index (χ1n) is 6.88. The highest BCUT2D eigenvalue weighted by Crippen LogP contribution is 2.38. The molecule has 0 unspecified atom stereocenters. The van der Waals surface area contributed by atoms with Crippen LogP contribution < -0.4 is 9.47 Å². The molecule has 1 aliphatic heterocycles. The maximum atomic E-state index is 11.2. The molecule has 0 saturated heterocycles. The van der Waals surface area contributed by atoms with Crippen LogP contribution in [0.1, 0.15) is 16.7 Å². The van der Waals surface area contributed by atoms with Crippen molar-refractivity contribution in [2.75, 3.05) is 6.79 Å². The Kier molecular flexibility index (Phi) is 3.61. The fourth-order valence-electron chi connectivity index (χ4n) is 2.24. The number of hydrogen-bond donors (Lipinski definition) is 1. The predicted molar refractivity (Wildman–Crippen MR) is 84.1 cm³/mol. The highest BCUT2D eigenvalue weighted by Gasteiger charge is 2.22. The van der Waals surface area contributed by atoms with Crippen LogP contribution in [0.25, 0.3) is 0 Å². The van der Waals surface area contributed by atoms with Gasteiger partial charge in [0.1, 0.15) is 11.4 Å². The number of aromatic hydroxyl groups is 1. The second-order valence-electron chi connectivity index (χ2n) is 5.20. The number of nitro groups is 1. The predicted octanol–water partition coefficient (Wildman–Crippen LogP) is 3.40. The van der Waals surface area contributed by atoms with E-state index in [1.807, 2.05) is 13.8 Å². The van der Waals surface area contributed by atoms with E-state index >= 15 is 0 Å². The SMILES string of the molecule is Cc1cc(O)c(N=Cc2cc3c(cc2[N+](=O)[O-])OCO3)cc1C. The quantitative estimate of drug-likeness (QED) is 0.532. The van der Waals surface area contributed by atoms with Gasteiger partial charge >= 0.3 is 0 Å². The van der Waals surface area contributed by atoms with E-state index in [0.29, 0.717) is 17.2 Å². The molecule has 0 radical (unpaired) electrons. The fourth-order valence-corrected chi connectivity index (χ4v) is 2.24. The summed E-state index contributed by atoms with van der Waals surface area (Å²) in [6.07, 6.45) is 1.34. The van der Waals surface area contributed by atoms with E-state index in [9.17, 15) is 15.2 Å². The lowest BCUT2D eigenvalue weighted by atomic mass is 10.1. The Labute approximate surface area is 132 Å². The van der Waals surface area contributed by atoms with Crippen LogP contribution >= 0.6 is 0 Å². The topological polar surface area (TPSA) is 94.2 Å². The highest BCUT2D eigenvalue weighted by atomic mass is 16.7. The van der Waals surface area contributed by atoms with Crippen LogP contribution in [0.3, 0.4) is 0 Å². The molecule has 0 bridgehead atoms. The van der Waals surface area contributed by atoms with Crippen molar-refractivity contribution >= 4 is 17.6 Å². The number of nitrogens with zero attached hydrogens (tertiary/aromatic N) is 2. The molecular weight excluding hydrogens is 300 g/mol. The third-order valence-electron chi connectivity index (χ3n) is 3.65. The number of hydrogen-bond acceptors (Lipinski definition) is 6. The van der Waals surface area contributed by atoms with Crippen molar-refractivity contribution in [1.29, 1.82) is 0 Å². The summed E-state index contributed by atoms with van der Waals surface area (Å²) in [5, 5.41) is 21.1. The molecule has 0 spiro atoms. The molecule has 0 fully saturated rings. The summed E-state index contributed by atoms with van der Waals surface area (Å²) in [7, 11) is 0. The number of phenols is 1. The number of phenolic OH excluding ortho intramolecular Hbond substituents is 1. The van der Waals surface area contributed by atoms with E-state index in [4.69, 9.17) is 9.47 Å². The number of aliphatic imine (C=N–C) groups is 1. The van der Waals surface area contributed by atoms with Crippen molar-refractivity contribution in [2.45, 2.75) is 13.8 Å². The zero-order valence-electron chi connectivity index (χ0n) is 12.6. The summed E-state index contributed by atoms with van der Waals surface area (Å²) in [4.78, 5) is 14.9. The lowest BCUT2D eigenvalue weighted by Crippen LogP contribution is -1.95. The number of aryl methyl sites for hydroxylation is 2. The molecule has 0 atom stereocenters. The smallest absolute Gasteiger partial charge is 0.282 e. The molecule has 3 rings (SSSR count). The number of rotatable bonds is 3. The fraction of sp³-hybridized carbons (Fsp3) is 0.188. The van der Waals surface area contributed by atoms with E-state index in [2.05, 4.69) is 4.99 Å². The Bertz CT molecular complexity index is 830. The van der Waals surface area contributed by atoms with Crippen molar-refractivity contribution < 1.29 is 19.5 Å². The third kappa shape index (κ3) is 2.80. The Morgan fingerprint density at radius 3 is 2.52 bits per heavy atom. The normalized spacial score (nSPS) is 12.8. The van der Waals surface area contributed by atoms with Gasteiger partial charge in [0.05, 0.1) is 16.6 Å². The van der Waals surface area contributed by atoms with Crippen LogP contribution in [0.4, 0.5) is 11.4 Å². The Hall–Kier alpha value is -3.09. The molecule has 0 aliphatic carbocycles. The van der Waals surface area contributed by atoms with Gasteiger partial charge in [-0.1, -0.05) is 0 Å². The molecule has 0 saturated carbocycles. The zero-order valence-corrected chi connectivity index (χ0v) is 12.6. The maximum absolute atomic E-state index is 11.2. The number of nitro benzene ring substituents is 1. The second kappa shape index (κ2) is 5.60. The summed E-state index contributed by atoms with van der Waals surface area (Å²) in [6, 6.07) is 6.14. The van der Waals surface area contributed by atoms with Crippen molar-refractivity contribution in [2.24, 2.45) is 4.99 Å². The first-order chi connectivity index (χ1) is 11.0. The Morgan fingerprint density at radius 2 is 1.83 bits per heavy atom. The van der Waals surface area contributed by atoms with Crippen LogP contribution in [-0.2, 0) is 0 Å². The highest BCUT2D eigenvalue weighted by molar-refractivity contribution is 5.89. The van der Waals surface area contributed by atoms with Gasteiger partial charge in [-0.2, -0.15) is 0 Å². The molecule has 0 amide bonds. The molecule has 118 valence electrons. The molecule has 0 aromatic heterocycles. The van der Waals surface area contributed by atoms with Gasteiger partial charge in [0.15, 0.2) is 11.5 Å². The monoisotopic (exact) mass is 314 g/mol. The van der Waals surface area contributed by atoms with E-state index in [1.165, 1.54) is 18.3 Å². The third-order valence-corrected chi connectivity index (χ3v) is 3.65. The minimum Gasteiger partial charge on any atom is -0.506 e. The van der Waals surface area contributed by atoms with Crippen molar-refractivity contribution in [1.82, 2.24) is 0 Å². The first-order valence-corrected chi connectivity index (χ1v) is 6.88. The molecule has 1 aliphatic rings. The molecule has 23 heavy (non-hydrogen) atoms. The van der Waals surface area contributed by atoms with Crippen molar-refractivity contribution in [3.8, 4) is 17.2 Å². The van der Waals surface area contributed by atoms with Gasteiger partial charge in [0.2, 0.25) is 6.79 Å². The van der Waals surface area contributed by atoms with Gasteiger partial charge in [-0.15, -0.1) is 0 Å². The van der Waals surface area contributed by atoms with Gasteiger partial charge in [0, 0.05) is 6.21 Å². The van der Waals surface area contributed by atoms with Gasteiger partial charge in [0.25, 0.3) is 5.69 Å². The Morgan fingerprint density at radius 1 is 1.17 bits per heavy atom. The molecule has 1 N–H and O–H groups in total. The summed E-state index contributed by atoms with van der Waals surface area (Å²) >= 11 is 0. The zero-order chi connectivity index (χ0) is 16.6. The lowest BCUT2D eigenvalue weighted by molar-refractivity contribution is -0.385. The largest absolute Gasteiger partial charge is 0.506 e. The van der Waals surface area contributed by atoms with Crippen molar-refractivity contribution in [3.05, 3.63) is 51.1 Å². The molecule has 7 nitrogen and oxygen atoms in total. The molecule has 1 heterocycles. The van der Waals surface area contributed by atoms with E-state index in [1.54, 1.807) is 12.1 Å². The molecular formula is C16H14N2O5. The Balaban J connectivity index is 2.03. The first kappa shape index (κ1) is 14.8. The van der Waals surface area contributed by atoms with Gasteiger partial charge in [-0.3, -0.25) is 15.1 Å². The minimum atomic E-state index is -0.510.